The third-order valence-corrected chi connectivity index (χ3v) is 3.26. The molecule has 0 aliphatic rings. The molecule has 0 saturated heterocycles. The topological polar surface area (TPSA) is 59.6 Å². The van der Waals surface area contributed by atoms with Gasteiger partial charge in [-0.3, -0.25) is 0 Å². The molecule has 3 rings (SSSR count). The number of hydrogen-bond donors (Lipinski definition) is 1. The van der Waals surface area contributed by atoms with Gasteiger partial charge in [0.1, 0.15) is 0 Å². The first kappa shape index (κ1) is 10.7. The number of imidazole rings is 1. The first-order valence-electron chi connectivity index (χ1n) is 4.87. The summed E-state index contributed by atoms with van der Waals surface area (Å²) in [6, 6.07) is 5.95. The van der Waals surface area contributed by atoms with Crippen molar-refractivity contribution in [2.75, 3.05) is 0 Å². The Morgan fingerprint density at radius 3 is 3.12 bits per heavy atom. The van der Waals surface area contributed by atoms with Crippen LogP contribution >= 0.6 is 28.1 Å². The summed E-state index contributed by atoms with van der Waals surface area (Å²) >= 11 is 8.70. The number of hydrogen-bond acceptors (Lipinski definition) is 4. The Bertz CT molecular complexity index is 716. The molecule has 7 heteroatoms. The van der Waals surface area contributed by atoms with Crippen molar-refractivity contribution in [2.24, 2.45) is 0 Å². The first-order valence-corrected chi connectivity index (χ1v) is 6.07. The Morgan fingerprint density at radius 2 is 2.35 bits per heavy atom. The molecule has 0 fully saturated rings. The molecular formula is C10H7BrN4OS. The van der Waals surface area contributed by atoms with Crippen molar-refractivity contribution in [1.29, 1.82) is 0 Å². The zero-order valence-corrected chi connectivity index (χ0v) is 11.0. The van der Waals surface area contributed by atoms with Gasteiger partial charge in [-0.2, -0.15) is 4.98 Å². The van der Waals surface area contributed by atoms with Crippen molar-refractivity contribution in [3.63, 3.8) is 0 Å². The van der Waals surface area contributed by atoms with E-state index in [9.17, 15) is 0 Å². The molecule has 2 heterocycles. The van der Waals surface area contributed by atoms with E-state index in [1.165, 1.54) is 6.39 Å². The number of nitrogens with one attached hydrogen (secondary N) is 1. The fourth-order valence-electron chi connectivity index (χ4n) is 1.70. The van der Waals surface area contributed by atoms with Crippen LogP contribution in [0.1, 0.15) is 5.82 Å². The summed E-state index contributed by atoms with van der Waals surface area (Å²) in [6.07, 6.45) is 1.31. The number of H-pyrrole nitrogens is 1. The Morgan fingerprint density at radius 1 is 1.47 bits per heavy atom. The van der Waals surface area contributed by atoms with E-state index < -0.39 is 0 Å². The van der Waals surface area contributed by atoms with Crippen molar-refractivity contribution in [3.05, 3.63) is 39.7 Å². The van der Waals surface area contributed by atoms with Crippen LogP contribution in [-0.2, 0) is 6.54 Å². The fourth-order valence-corrected chi connectivity index (χ4v) is 2.33. The number of aromatic nitrogens is 4. The molecule has 3 aromatic rings. The molecule has 0 amide bonds. The Balaban J connectivity index is 2.16. The average molecular weight is 311 g/mol. The molecule has 0 radical (unpaired) electrons. The van der Waals surface area contributed by atoms with Gasteiger partial charge in [0.05, 0.1) is 17.6 Å². The smallest absolute Gasteiger partial charge is 0.213 e. The SMILES string of the molecule is S=c1[nH]c2cc(Br)ccc2n1Cc1ncon1. The maximum atomic E-state index is 5.28. The predicted molar refractivity (Wildman–Crippen MR) is 68.2 cm³/mol. The molecule has 0 spiro atoms. The van der Waals surface area contributed by atoms with Gasteiger partial charge in [-0.15, -0.1) is 0 Å². The largest absolute Gasteiger partial charge is 0.343 e. The lowest BCUT2D eigenvalue weighted by Gasteiger charge is -2.00. The second kappa shape index (κ2) is 4.08. The number of benzene rings is 1. The standard InChI is InChI=1S/C10H7BrN4OS/c11-6-1-2-8-7(3-6)13-10(17)15(8)4-9-12-5-16-14-9/h1-3,5H,4H2,(H,13,17). The van der Waals surface area contributed by atoms with Gasteiger partial charge >= 0.3 is 0 Å². The van der Waals surface area contributed by atoms with Gasteiger partial charge in [0, 0.05) is 4.47 Å². The summed E-state index contributed by atoms with van der Waals surface area (Å²) in [6.45, 7) is 0.497. The highest BCUT2D eigenvalue weighted by Crippen LogP contribution is 2.19. The summed E-state index contributed by atoms with van der Waals surface area (Å²) in [7, 11) is 0. The van der Waals surface area contributed by atoms with E-state index in [1.54, 1.807) is 0 Å². The molecule has 17 heavy (non-hydrogen) atoms. The Kier molecular flexibility index (Phi) is 2.56. The van der Waals surface area contributed by atoms with E-state index >= 15 is 0 Å². The Hall–Kier alpha value is -1.47. The lowest BCUT2D eigenvalue weighted by molar-refractivity contribution is 0.408. The summed E-state index contributed by atoms with van der Waals surface area (Å²) in [5.74, 6) is 0.602. The van der Waals surface area contributed by atoms with Gasteiger partial charge < -0.3 is 14.1 Å². The highest BCUT2D eigenvalue weighted by Gasteiger charge is 2.07. The summed E-state index contributed by atoms with van der Waals surface area (Å²) in [5.41, 5.74) is 2.00. The number of halogens is 1. The monoisotopic (exact) mass is 310 g/mol. The van der Waals surface area contributed by atoms with E-state index in [2.05, 4.69) is 31.1 Å². The average Bonchev–Trinajstić information content (AvgIpc) is 2.88. The first-order chi connectivity index (χ1) is 8.24. The maximum Gasteiger partial charge on any atom is 0.213 e. The van der Waals surface area contributed by atoms with Crippen molar-refractivity contribution in [3.8, 4) is 0 Å². The fraction of sp³-hybridized carbons (Fsp3) is 0.100. The molecule has 0 atom stereocenters. The molecule has 0 bridgehead atoms. The van der Waals surface area contributed by atoms with Crippen LogP contribution in [0.3, 0.4) is 0 Å². The molecule has 2 aromatic heterocycles. The maximum absolute atomic E-state index is 5.28. The predicted octanol–water partition coefficient (Wildman–Crippen LogP) is 2.89. The van der Waals surface area contributed by atoms with Crippen LogP contribution in [0.2, 0.25) is 0 Å². The minimum absolute atomic E-state index is 0.497. The van der Waals surface area contributed by atoms with Crippen LogP contribution in [0.5, 0.6) is 0 Å². The Labute approximate surface area is 110 Å². The summed E-state index contributed by atoms with van der Waals surface area (Å²) < 4.78 is 8.29. The molecular weight excluding hydrogens is 304 g/mol. The van der Waals surface area contributed by atoms with Crippen LogP contribution in [-0.4, -0.2) is 19.7 Å². The molecule has 1 aromatic carbocycles. The number of rotatable bonds is 2. The van der Waals surface area contributed by atoms with Gasteiger partial charge in [0.2, 0.25) is 6.39 Å². The number of aromatic amines is 1. The quantitative estimate of drug-likeness (QED) is 0.739. The molecule has 1 N–H and O–H groups in total. The summed E-state index contributed by atoms with van der Waals surface area (Å²) in [4.78, 5) is 7.13. The normalized spacial score (nSPS) is 11.1. The highest BCUT2D eigenvalue weighted by molar-refractivity contribution is 9.10. The van der Waals surface area contributed by atoms with Crippen molar-refractivity contribution in [1.82, 2.24) is 19.7 Å². The lowest BCUT2D eigenvalue weighted by Crippen LogP contribution is -2.01. The van der Waals surface area contributed by atoms with Gasteiger partial charge in [0.15, 0.2) is 10.6 Å². The van der Waals surface area contributed by atoms with Crippen LogP contribution in [0.4, 0.5) is 0 Å². The van der Waals surface area contributed by atoms with Gasteiger partial charge in [-0.1, -0.05) is 21.1 Å². The second-order valence-electron chi connectivity index (χ2n) is 3.53. The third kappa shape index (κ3) is 1.91. The van der Waals surface area contributed by atoms with E-state index in [1.807, 2.05) is 22.8 Å². The third-order valence-electron chi connectivity index (χ3n) is 2.44. The van der Waals surface area contributed by atoms with Crippen LogP contribution < -0.4 is 0 Å². The zero-order chi connectivity index (χ0) is 11.8. The van der Waals surface area contributed by atoms with Gasteiger partial charge in [-0.25, -0.2) is 0 Å². The molecule has 86 valence electrons. The van der Waals surface area contributed by atoms with Gasteiger partial charge in [0.25, 0.3) is 0 Å². The lowest BCUT2D eigenvalue weighted by atomic mass is 10.3. The van der Waals surface area contributed by atoms with Crippen LogP contribution in [0, 0.1) is 4.77 Å². The molecule has 0 aliphatic carbocycles. The second-order valence-corrected chi connectivity index (χ2v) is 4.83. The van der Waals surface area contributed by atoms with E-state index in [4.69, 9.17) is 16.7 Å². The van der Waals surface area contributed by atoms with E-state index in [-0.39, 0.29) is 0 Å². The van der Waals surface area contributed by atoms with E-state index in [0.29, 0.717) is 17.1 Å². The zero-order valence-electron chi connectivity index (χ0n) is 8.55. The molecule has 0 aliphatic heterocycles. The van der Waals surface area contributed by atoms with Gasteiger partial charge in [-0.05, 0) is 30.4 Å². The molecule has 0 unspecified atom stereocenters. The number of nitrogens with zero attached hydrogens (tertiary/aromatic N) is 3. The molecule has 0 saturated carbocycles. The minimum Gasteiger partial charge on any atom is -0.343 e. The molecule has 5 nitrogen and oxygen atoms in total. The van der Waals surface area contributed by atoms with Crippen molar-refractivity contribution in [2.45, 2.75) is 6.54 Å². The van der Waals surface area contributed by atoms with Crippen LogP contribution in [0.15, 0.2) is 33.6 Å². The van der Waals surface area contributed by atoms with E-state index in [0.717, 1.165) is 15.5 Å². The van der Waals surface area contributed by atoms with Crippen LogP contribution in [0.25, 0.3) is 11.0 Å². The number of fused-ring (bicyclic) bond motifs is 1. The highest BCUT2D eigenvalue weighted by atomic mass is 79.9. The summed E-state index contributed by atoms with van der Waals surface area (Å²) in [5, 5.41) is 3.78. The van der Waals surface area contributed by atoms with Crippen molar-refractivity contribution >= 4 is 39.2 Å². The minimum atomic E-state index is 0.497. The van der Waals surface area contributed by atoms with Crippen molar-refractivity contribution < 1.29 is 4.52 Å².